The molecule has 1 saturated carbocycles. The van der Waals surface area contributed by atoms with Crippen LogP contribution in [0.25, 0.3) is 11.0 Å². The number of nitrogens with zero attached hydrogens (tertiary/aromatic N) is 3. The summed E-state index contributed by atoms with van der Waals surface area (Å²) in [6.45, 7) is 0. The van der Waals surface area contributed by atoms with E-state index in [9.17, 15) is 0 Å². The lowest BCUT2D eigenvalue weighted by Crippen LogP contribution is -2.31. The molecule has 4 rings (SSSR count). The molecule has 7 heteroatoms. The molecular weight excluding hydrogens is 328 g/mol. The minimum atomic E-state index is 0.147. The number of hydrogen-bond acceptors (Lipinski definition) is 7. The Morgan fingerprint density at radius 3 is 2.62 bits per heavy atom. The zero-order valence-electron chi connectivity index (χ0n) is 14.4. The summed E-state index contributed by atoms with van der Waals surface area (Å²) in [5.74, 6) is 2.06. The fourth-order valence-electron chi connectivity index (χ4n) is 3.40. The minimum Gasteiger partial charge on any atom is -0.488 e. The average Bonchev–Trinajstić information content (AvgIpc) is 2.63. The van der Waals surface area contributed by atoms with E-state index in [0.717, 1.165) is 42.5 Å². The van der Waals surface area contributed by atoms with E-state index in [-0.39, 0.29) is 6.10 Å². The molecule has 1 aliphatic rings. The van der Waals surface area contributed by atoms with Gasteiger partial charge >= 0.3 is 0 Å². The van der Waals surface area contributed by atoms with Gasteiger partial charge in [-0.25, -0.2) is 9.97 Å². The molecule has 0 aliphatic heterocycles. The van der Waals surface area contributed by atoms with Crippen LogP contribution in [0.4, 0.5) is 17.3 Å². The molecule has 134 valence electrons. The predicted octanol–water partition coefficient (Wildman–Crippen LogP) is 2.99. The van der Waals surface area contributed by atoms with E-state index in [0.29, 0.717) is 23.3 Å². The van der Waals surface area contributed by atoms with Gasteiger partial charge in [0.1, 0.15) is 22.9 Å². The summed E-state index contributed by atoms with van der Waals surface area (Å²) in [6.07, 6.45) is 7.40. The second kappa shape index (κ2) is 7.03. The van der Waals surface area contributed by atoms with Crippen molar-refractivity contribution in [1.29, 1.82) is 0 Å². The summed E-state index contributed by atoms with van der Waals surface area (Å²) in [5, 5.41) is 3.46. The maximum atomic E-state index is 6.22. The van der Waals surface area contributed by atoms with Gasteiger partial charge in [-0.1, -0.05) is 6.07 Å². The lowest BCUT2D eigenvalue weighted by atomic mass is 9.93. The quantitative estimate of drug-likeness (QED) is 0.620. The van der Waals surface area contributed by atoms with Crippen LogP contribution in [0.15, 0.2) is 42.7 Å². The smallest absolute Gasteiger partial charge is 0.149 e. The van der Waals surface area contributed by atoms with Gasteiger partial charge in [-0.15, -0.1) is 0 Å². The van der Waals surface area contributed by atoms with E-state index in [2.05, 4.69) is 20.3 Å². The third-order valence-corrected chi connectivity index (χ3v) is 4.65. The van der Waals surface area contributed by atoms with Crippen molar-refractivity contribution in [3.8, 4) is 5.75 Å². The van der Waals surface area contributed by atoms with Gasteiger partial charge in [0, 0.05) is 30.2 Å². The van der Waals surface area contributed by atoms with Gasteiger partial charge in [0.05, 0.1) is 11.6 Å². The third kappa shape index (κ3) is 3.61. The molecule has 1 aromatic carbocycles. The first-order valence-electron chi connectivity index (χ1n) is 8.83. The van der Waals surface area contributed by atoms with Crippen LogP contribution < -0.4 is 21.5 Å². The molecule has 2 aromatic heterocycles. The summed E-state index contributed by atoms with van der Waals surface area (Å²) in [6, 6.07) is 9.66. The van der Waals surface area contributed by atoms with E-state index in [4.69, 9.17) is 16.2 Å². The molecule has 3 aromatic rings. The Bertz CT molecular complexity index is 907. The van der Waals surface area contributed by atoms with Crippen molar-refractivity contribution >= 4 is 28.4 Å². The van der Waals surface area contributed by atoms with Crippen LogP contribution >= 0.6 is 0 Å². The number of nitrogens with one attached hydrogen (secondary N) is 1. The monoisotopic (exact) mass is 350 g/mol. The molecule has 0 spiro atoms. The number of rotatable bonds is 4. The molecule has 0 amide bonds. The maximum absolute atomic E-state index is 6.22. The molecule has 0 bridgehead atoms. The van der Waals surface area contributed by atoms with Crippen LogP contribution in [0.5, 0.6) is 5.75 Å². The van der Waals surface area contributed by atoms with Crippen LogP contribution in [0.1, 0.15) is 25.7 Å². The Kier molecular flexibility index (Phi) is 4.43. The highest BCUT2D eigenvalue weighted by Gasteiger charge is 2.23. The number of hydrogen-bond donors (Lipinski definition) is 3. The number of aromatic nitrogens is 3. The molecule has 0 saturated heterocycles. The van der Waals surface area contributed by atoms with Crippen molar-refractivity contribution in [2.75, 3.05) is 16.8 Å². The number of ether oxygens (including phenoxy) is 1. The van der Waals surface area contributed by atoms with E-state index in [1.54, 1.807) is 18.5 Å². The van der Waals surface area contributed by atoms with Crippen LogP contribution in [0.3, 0.4) is 0 Å². The molecule has 0 radical (unpaired) electrons. The number of pyridine rings is 1. The number of fused-ring (bicyclic) bond motifs is 1. The van der Waals surface area contributed by atoms with Gasteiger partial charge in [0.2, 0.25) is 0 Å². The second-order valence-corrected chi connectivity index (χ2v) is 6.63. The van der Waals surface area contributed by atoms with E-state index in [1.807, 2.05) is 24.3 Å². The molecular formula is C19H22N6O. The molecule has 0 atom stereocenters. The molecule has 1 aliphatic carbocycles. The lowest BCUT2D eigenvalue weighted by Gasteiger charge is -2.30. The topological polar surface area (TPSA) is 112 Å². The van der Waals surface area contributed by atoms with E-state index in [1.165, 1.54) is 0 Å². The molecule has 2 heterocycles. The Morgan fingerprint density at radius 2 is 1.81 bits per heavy atom. The summed E-state index contributed by atoms with van der Waals surface area (Å²) in [4.78, 5) is 13.0. The van der Waals surface area contributed by atoms with Gasteiger partial charge < -0.3 is 21.5 Å². The first kappa shape index (κ1) is 16.4. The zero-order valence-corrected chi connectivity index (χ0v) is 14.4. The maximum Gasteiger partial charge on any atom is 0.149 e. The van der Waals surface area contributed by atoms with Crippen LogP contribution in [-0.4, -0.2) is 27.1 Å². The summed E-state index contributed by atoms with van der Waals surface area (Å²) in [5.41, 5.74) is 13.9. The standard InChI is InChI=1S/C19H22N6O/c20-12-10-15-19(23-9-8-22-15)16(11-12)26-14-6-4-13(5-7-14)24-18-3-1-2-17(21)25-18/h1-3,8-11,13-14H,4-7,20H2,(H3,21,24,25). The summed E-state index contributed by atoms with van der Waals surface area (Å²) >= 11 is 0. The minimum absolute atomic E-state index is 0.147. The predicted molar refractivity (Wildman–Crippen MR) is 103 cm³/mol. The number of anilines is 3. The fraction of sp³-hybridized carbons (Fsp3) is 0.316. The van der Waals surface area contributed by atoms with Gasteiger partial charge in [-0.3, -0.25) is 4.98 Å². The SMILES string of the molecule is Nc1cc(OC2CCC(Nc3cccc(N)n3)CC2)c2nccnc2c1. The molecule has 0 unspecified atom stereocenters. The Morgan fingerprint density at radius 1 is 1.00 bits per heavy atom. The molecule has 26 heavy (non-hydrogen) atoms. The van der Waals surface area contributed by atoms with Gasteiger partial charge in [-0.05, 0) is 43.9 Å². The summed E-state index contributed by atoms with van der Waals surface area (Å²) in [7, 11) is 0. The van der Waals surface area contributed by atoms with Crippen molar-refractivity contribution in [3.63, 3.8) is 0 Å². The van der Waals surface area contributed by atoms with Gasteiger partial charge in [-0.2, -0.15) is 0 Å². The highest BCUT2D eigenvalue weighted by atomic mass is 16.5. The van der Waals surface area contributed by atoms with Gasteiger partial charge in [0.15, 0.2) is 0 Å². The highest BCUT2D eigenvalue weighted by Crippen LogP contribution is 2.30. The molecule has 5 N–H and O–H groups in total. The van der Waals surface area contributed by atoms with Crippen LogP contribution in [-0.2, 0) is 0 Å². The zero-order chi connectivity index (χ0) is 17.9. The lowest BCUT2D eigenvalue weighted by molar-refractivity contribution is 0.152. The Labute approximate surface area is 151 Å². The first-order chi connectivity index (χ1) is 12.7. The fourth-order valence-corrected chi connectivity index (χ4v) is 3.40. The molecule has 1 fully saturated rings. The van der Waals surface area contributed by atoms with Crippen molar-refractivity contribution in [2.45, 2.75) is 37.8 Å². The number of nitrogens with two attached hydrogens (primary N) is 2. The Hall–Kier alpha value is -3.09. The highest BCUT2D eigenvalue weighted by molar-refractivity contribution is 5.84. The first-order valence-corrected chi connectivity index (χ1v) is 8.83. The second-order valence-electron chi connectivity index (χ2n) is 6.63. The van der Waals surface area contributed by atoms with Crippen molar-refractivity contribution in [2.24, 2.45) is 0 Å². The Balaban J connectivity index is 1.40. The molecule has 7 nitrogen and oxygen atoms in total. The van der Waals surface area contributed by atoms with Crippen LogP contribution in [0, 0.1) is 0 Å². The number of benzene rings is 1. The third-order valence-electron chi connectivity index (χ3n) is 4.65. The number of nitrogen functional groups attached to an aromatic ring is 2. The van der Waals surface area contributed by atoms with Crippen molar-refractivity contribution in [1.82, 2.24) is 15.0 Å². The van der Waals surface area contributed by atoms with Crippen molar-refractivity contribution < 1.29 is 4.74 Å². The largest absolute Gasteiger partial charge is 0.488 e. The normalized spacial score (nSPS) is 20.0. The van der Waals surface area contributed by atoms with Gasteiger partial charge in [0.25, 0.3) is 0 Å². The van der Waals surface area contributed by atoms with Crippen LogP contribution in [0.2, 0.25) is 0 Å². The van der Waals surface area contributed by atoms with E-state index < -0.39 is 0 Å². The van der Waals surface area contributed by atoms with E-state index >= 15 is 0 Å². The summed E-state index contributed by atoms with van der Waals surface area (Å²) < 4.78 is 6.22. The van der Waals surface area contributed by atoms with Crippen molar-refractivity contribution in [3.05, 3.63) is 42.7 Å². The average molecular weight is 350 g/mol.